The SMILES string of the molecule is O=C(NCCSC(F)(F)F)C(=O)N1CCCNCC1. The number of hydrogen-bond donors (Lipinski definition) is 2. The zero-order chi connectivity index (χ0) is 14.3. The summed E-state index contributed by atoms with van der Waals surface area (Å²) in [5.41, 5.74) is -4.31. The van der Waals surface area contributed by atoms with E-state index in [0.717, 1.165) is 13.0 Å². The fraction of sp³-hybridized carbons (Fsp3) is 0.800. The summed E-state index contributed by atoms with van der Waals surface area (Å²) in [5, 5.41) is 5.29. The molecule has 0 aromatic carbocycles. The van der Waals surface area contributed by atoms with Crippen LogP contribution in [0.15, 0.2) is 0 Å². The van der Waals surface area contributed by atoms with E-state index in [4.69, 9.17) is 0 Å². The summed E-state index contributed by atoms with van der Waals surface area (Å²) >= 11 is -0.223. The molecule has 1 fully saturated rings. The minimum atomic E-state index is -4.31. The summed E-state index contributed by atoms with van der Waals surface area (Å²) in [6.07, 6.45) is 0.753. The van der Waals surface area contributed by atoms with Crippen molar-refractivity contribution in [2.75, 3.05) is 38.5 Å². The van der Waals surface area contributed by atoms with Crippen molar-refractivity contribution in [3.63, 3.8) is 0 Å². The molecule has 110 valence electrons. The van der Waals surface area contributed by atoms with Gasteiger partial charge in [0.1, 0.15) is 0 Å². The molecule has 0 spiro atoms. The van der Waals surface area contributed by atoms with Crippen molar-refractivity contribution >= 4 is 23.6 Å². The molecule has 1 saturated heterocycles. The smallest absolute Gasteiger partial charge is 0.347 e. The van der Waals surface area contributed by atoms with E-state index in [2.05, 4.69) is 10.6 Å². The van der Waals surface area contributed by atoms with E-state index in [1.807, 2.05) is 0 Å². The standard InChI is InChI=1S/C10H16F3N3O2S/c11-10(12,13)19-7-4-15-8(17)9(18)16-5-1-2-14-3-6-16/h14H,1-7H2,(H,15,17). The molecule has 19 heavy (non-hydrogen) atoms. The molecule has 0 aromatic heterocycles. The van der Waals surface area contributed by atoms with E-state index in [0.29, 0.717) is 19.6 Å². The third kappa shape index (κ3) is 6.67. The number of nitrogens with one attached hydrogen (secondary N) is 2. The van der Waals surface area contributed by atoms with Crippen LogP contribution in [0.4, 0.5) is 13.2 Å². The highest BCUT2D eigenvalue weighted by molar-refractivity contribution is 8.00. The lowest BCUT2D eigenvalue weighted by molar-refractivity contribution is -0.145. The van der Waals surface area contributed by atoms with Gasteiger partial charge in [-0.25, -0.2) is 0 Å². The van der Waals surface area contributed by atoms with Crippen molar-refractivity contribution in [3.05, 3.63) is 0 Å². The van der Waals surface area contributed by atoms with Crippen LogP contribution >= 0.6 is 11.8 Å². The van der Waals surface area contributed by atoms with E-state index in [1.165, 1.54) is 4.90 Å². The number of carbonyl (C=O) groups excluding carboxylic acids is 2. The Labute approximate surface area is 113 Å². The van der Waals surface area contributed by atoms with Crippen molar-refractivity contribution in [3.8, 4) is 0 Å². The van der Waals surface area contributed by atoms with E-state index < -0.39 is 17.3 Å². The largest absolute Gasteiger partial charge is 0.441 e. The zero-order valence-corrected chi connectivity index (χ0v) is 11.1. The summed E-state index contributed by atoms with van der Waals surface area (Å²) in [6.45, 7) is 2.14. The predicted molar refractivity (Wildman–Crippen MR) is 65.6 cm³/mol. The molecule has 0 aliphatic carbocycles. The molecule has 0 radical (unpaired) electrons. The van der Waals surface area contributed by atoms with E-state index in [9.17, 15) is 22.8 Å². The number of alkyl halides is 3. The van der Waals surface area contributed by atoms with Gasteiger partial charge < -0.3 is 15.5 Å². The van der Waals surface area contributed by atoms with Gasteiger partial charge >= 0.3 is 17.3 Å². The van der Waals surface area contributed by atoms with Gasteiger partial charge in [-0.05, 0) is 24.7 Å². The second-order valence-electron chi connectivity index (χ2n) is 3.95. The molecule has 9 heteroatoms. The van der Waals surface area contributed by atoms with E-state index in [-0.39, 0.29) is 24.1 Å². The molecule has 1 aliphatic rings. The van der Waals surface area contributed by atoms with Gasteiger partial charge in [-0.3, -0.25) is 9.59 Å². The molecule has 0 atom stereocenters. The molecule has 5 nitrogen and oxygen atoms in total. The first-order chi connectivity index (χ1) is 8.90. The number of amides is 2. The average molecular weight is 299 g/mol. The van der Waals surface area contributed by atoms with E-state index in [1.54, 1.807) is 0 Å². The van der Waals surface area contributed by atoms with Crippen LogP contribution in [-0.2, 0) is 9.59 Å². The van der Waals surface area contributed by atoms with Gasteiger partial charge in [0.25, 0.3) is 0 Å². The van der Waals surface area contributed by atoms with Crippen LogP contribution in [0.25, 0.3) is 0 Å². The summed E-state index contributed by atoms with van der Waals surface area (Å²) in [6, 6.07) is 0. The maximum atomic E-state index is 11.8. The first-order valence-electron chi connectivity index (χ1n) is 5.88. The fourth-order valence-corrected chi connectivity index (χ4v) is 2.03. The van der Waals surface area contributed by atoms with Crippen molar-refractivity contribution in [1.29, 1.82) is 0 Å². The minimum absolute atomic E-state index is 0.180. The highest BCUT2D eigenvalue weighted by Crippen LogP contribution is 2.29. The topological polar surface area (TPSA) is 61.4 Å². The molecule has 0 aromatic rings. The molecule has 0 saturated carbocycles. The highest BCUT2D eigenvalue weighted by Gasteiger charge is 2.28. The Morgan fingerprint density at radius 2 is 2.00 bits per heavy atom. The van der Waals surface area contributed by atoms with Crippen LogP contribution in [0, 0.1) is 0 Å². The molecule has 2 amide bonds. The van der Waals surface area contributed by atoms with Crippen LogP contribution in [0.1, 0.15) is 6.42 Å². The highest BCUT2D eigenvalue weighted by atomic mass is 32.2. The Balaban J connectivity index is 2.26. The lowest BCUT2D eigenvalue weighted by Crippen LogP contribution is -2.44. The Kier molecular flexibility index (Phi) is 6.43. The Morgan fingerprint density at radius 3 is 2.68 bits per heavy atom. The van der Waals surface area contributed by atoms with Gasteiger partial charge in [0.2, 0.25) is 0 Å². The van der Waals surface area contributed by atoms with Crippen LogP contribution in [-0.4, -0.2) is 60.7 Å². The van der Waals surface area contributed by atoms with Gasteiger partial charge in [-0.2, -0.15) is 13.2 Å². The lowest BCUT2D eigenvalue weighted by atomic mass is 10.3. The maximum Gasteiger partial charge on any atom is 0.441 e. The molecule has 0 unspecified atom stereocenters. The van der Waals surface area contributed by atoms with Crippen molar-refractivity contribution in [2.45, 2.75) is 11.9 Å². The molecule has 0 bridgehead atoms. The number of nitrogens with zero attached hydrogens (tertiary/aromatic N) is 1. The third-order valence-corrected chi connectivity index (χ3v) is 3.21. The van der Waals surface area contributed by atoms with Gasteiger partial charge in [-0.15, -0.1) is 0 Å². The van der Waals surface area contributed by atoms with Crippen LogP contribution in [0.2, 0.25) is 0 Å². The van der Waals surface area contributed by atoms with Gasteiger partial charge in [0.05, 0.1) is 0 Å². The van der Waals surface area contributed by atoms with Crippen molar-refractivity contribution in [2.24, 2.45) is 0 Å². The van der Waals surface area contributed by atoms with Crippen molar-refractivity contribution < 1.29 is 22.8 Å². The molecule has 1 rings (SSSR count). The maximum absolute atomic E-state index is 11.8. The third-order valence-electron chi connectivity index (χ3n) is 2.47. The van der Waals surface area contributed by atoms with Crippen LogP contribution in [0.5, 0.6) is 0 Å². The summed E-state index contributed by atoms with van der Waals surface area (Å²) < 4.78 is 35.5. The first kappa shape index (κ1) is 16.1. The van der Waals surface area contributed by atoms with Crippen LogP contribution in [0.3, 0.4) is 0 Å². The molecule has 1 aliphatic heterocycles. The van der Waals surface area contributed by atoms with Crippen molar-refractivity contribution in [1.82, 2.24) is 15.5 Å². The molecule has 2 N–H and O–H groups in total. The Bertz CT molecular complexity index is 318. The number of rotatable bonds is 3. The average Bonchev–Trinajstić information content (AvgIpc) is 2.61. The molecule has 1 heterocycles. The van der Waals surface area contributed by atoms with Crippen LogP contribution < -0.4 is 10.6 Å². The summed E-state index contributed by atoms with van der Waals surface area (Å²) in [5.74, 6) is -1.82. The quantitative estimate of drug-likeness (QED) is 0.576. The number of hydrogen-bond acceptors (Lipinski definition) is 4. The zero-order valence-electron chi connectivity index (χ0n) is 10.3. The van der Waals surface area contributed by atoms with Gasteiger partial charge in [-0.1, -0.05) is 0 Å². The minimum Gasteiger partial charge on any atom is -0.347 e. The molecular formula is C10H16F3N3O2S. The summed E-state index contributed by atoms with van der Waals surface area (Å²) in [4.78, 5) is 24.6. The lowest BCUT2D eigenvalue weighted by Gasteiger charge is -2.19. The van der Waals surface area contributed by atoms with Gasteiger partial charge in [0.15, 0.2) is 0 Å². The Hall–Kier alpha value is -0.960. The second kappa shape index (κ2) is 7.59. The fourth-order valence-electron chi connectivity index (χ4n) is 1.60. The number of carbonyl (C=O) groups is 2. The van der Waals surface area contributed by atoms with Gasteiger partial charge in [0, 0.05) is 31.9 Å². The second-order valence-corrected chi connectivity index (χ2v) is 5.11. The normalized spacial score (nSPS) is 16.9. The number of halogens is 3. The summed E-state index contributed by atoms with van der Waals surface area (Å²) in [7, 11) is 0. The number of thioether (sulfide) groups is 1. The monoisotopic (exact) mass is 299 g/mol. The molecular weight excluding hydrogens is 283 g/mol. The first-order valence-corrected chi connectivity index (χ1v) is 6.87. The Morgan fingerprint density at radius 1 is 1.26 bits per heavy atom. The predicted octanol–water partition coefficient (Wildman–Crippen LogP) is 0.177. The van der Waals surface area contributed by atoms with E-state index >= 15 is 0 Å².